The van der Waals surface area contributed by atoms with Gasteiger partial charge in [-0.25, -0.2) is 0 Å². The fourth-order valence-corrected chi connectivity index (χ4v) is 4.14. The summed E-state index contributed by atoms with van der Waals surface area (Å²) in [6.07, 6.45) is -0.571. The van der Waals surface area contributed by atoms with Gasteiger partial charge in [-0.2, -0.15) is 11.8 Å². The van der Waals surface area contributed by atoms with E-state index < -0.39 is 6.10 Å². The number of rotatable bonds is 3. The highest BCUT2D eigenvalue weighted by Crippen LogP contribution is 2.46. The summed E-state index contributed by atoms with van der Waals surface area (Å²) in [5.41, 5.74) is 1.79. The van der Waals surface area contributed by atoms with E-state index in [0.29, 0.717) is 11.3 Å². The molecular formula is C17H16O2S. The number of hydrogen-bond acceptors (Lipinski definition) is 3. The van der Waals surface area contributed by atoms with Crippen LogP contribution in [-0.4, -0.2) is 22.7 Å². The number of benzene rings is 2. The van der Waals surface area contributed by atoms with Gasteiger partial charge < -0.3 is 5.11 Å². The number of Topliss-reactive ketones (excluding diaryl/α,β-unsaturated/α-hetero) is 1. The molecule has 0 unspecified atom stereocenters. The Morgan fingerprint density at radius 2 is 1.60 bits per heavy atom. The van der Waals surface area contributed by atoms with Gasteiger partial charge in [0.05, 0.1) is 12.0 Å². The number of aliphatic hydroxyl groups excluding tert-OH is 1. The minimum atomic E-state index is -0.571. The minimum absolute atomic E-state index is 0.0388. The van der Waals surface area contributed by atoms with Crippen molar-refractivity contribution in [1.29, 1.82) is 0 Å². The molecule has 0 saturated carbocycles. The van der Waals surface area contributed by atoms with Crippen molar-refractivity contribution in [3.05, 3.63) is 71.8 Å². The second-order valence-electron chi connectivity index (χ2n) is 4.99. The molecule has 1 N–H and O–H groups in total. The molecule has 1 heterocycles. The Morgan fingerprint density at radius 1 is 1.00 bits per heavy atom. The van der Waals surface area contributed by atoms with Gasteiger partial charge in [-0.15, -0.1) is 0 Å². The molecule has 2 aromatic carbocycles. The molecule has 3 atom stereocenters. The average molecular weight is 284 g/mol. The molecule has 2 nitrogen and oxygen atoms in total. The maximum absolute atomic E-state index is 12.7. The number of aliphatic hydroxyl groups is 1. The van der Waals surface area contributed by atoms with E-state index in [2.05, 4.69) is 0 Å². The Labute approximate surface area is 122 Å². The third kappa shape index (κ3) is 2.51. The number of carbonyl (C=O) groups excluding carboxylic acids is 1. The summed E-state index contributed by atoms with van der Waals surface area (Å²) in [6.45, 7) is 0. The van der Waals surface area contributed by atoms with Crippen LogP contribution in [0.2, 0.25) is 0 Å². The molecule has 3 heteroatoms. The summed E-state index contributed by atoms with van der Waals surface area (Å²) in [4.78, 5) is 12.7. The Hall–Kier alpha value is -1.58. The number of ketones is 1. The van der Waals surface area contributed by atoms with E-state index >= 15 is 0 Å². The van der Waals surface area contributed by atoms with Gasteiger partial charge in [0, 0.05) is 16.6 Å². The SMILES string of the molecule is O=C(c1ccccc1)[C@@H]1[C@H](O)CS[C@H]1c1ccccc1. The standard InChI is InChI=1S/C17H16O2S/c18-14-11-20-17(13-9-5-2-6-10-13)15(14)16(19)12-7-3-1-4-8-12/h1-10,14-15,17-18H,11H2/t14-,15+,17+/m1/s1. The Kier molecular flexibility index (Phi) is 3.90. The summed E-state index contributed by atoms with van der Waals surface area (Å²) in [5.74, 6) is 0.296. The maximum Gasteiger partial charge on any atom is 0.170 e. The lowest BCUT2D eigenvalue weighted by atomic mass is 9.87. The molecule has 102 valence electrons. The highest BCUT2D eigenvalue weighted by atomic mass is 32.2. The molecule has 1 saturated heterocycles. The third-order valence-corrected chi connectivity index (χ3v) is 5.13. The average Bonchev–Trinajstić information content (AvgIpc) is 2.90. The van der Waals surface area contributed by atoms with Crippen LogP contribution in [0.4, 0.5) is 0 Å². The van der Waals surface area contributed by atoms with Crippen molar-refractivity contribution in [2.45, 2.75) is 11.4 Å². The smallest absolute Gasteiger partial charge is 0.170 e. The van der Waals surface area contributed by atoms with Crippen molar-refractivity contribution in [3.63, 3.8) is 0 Å². The second-order valence-corrected chi connectivity index (χ2v) is 6.16. The molecule has 1 fully saturated rings. The molecule has 0 amide bonds. The first-order valence-electron chi connectivity index (χ1n) is 6.71. The van der Waals surface area contributed by atoms with Gasteiger partial charge in [0.25, 0.3) is 0 Å². The lowest BCUT2D eigenvalue weighted by Crippen LogP contribution is -2.28. The molecule has 1 aliphatic rings. The van der Waals surface area contributed by atoms with Crippen LogP contribution < -0.4 is 0 Å². The fourth-order valence-electron chi connectivity index (χ4n) is 2.66. The second kappa shape index (κ2) is 5.81. The van der Waals surface area contributed by atoms with E-state index in [1.54, 1.807) is 11.8 Å². The third-order valence-electron chi connectivity index (χ3n) is 3.68. The molecule has 0 radical (unpaired) electrons. The van der Waals surface area contributed by atoms with E-state index in [1.165, 1.54) is 0 Å². The van der Waals surface area contributed by atoms with E-state index in [4.69, 9.17) is 0 Å². The molecule has 20 heavy (non-hydrogen) atoms. The van der Waals surface area contributed by atoms with E-state index in [0.717, 1.165) is 5.56 Å². The first-order chi connectivity index (χ1) is 9.77. The molecule has 0 aliphatic carbocycles. The van der Waals surface area contributed by atoms with Crippen molar-refractivity contribution < 1.29 is 9.90 Å². The molecular weight excluding hydrogens is 268 g/mol. The zero-order valence-electron chi connectivity index (χ0n) is 11.0. The predicted octanol–water partition coefficient (Wildman–Crippen LogP) is 3.33. The molecule has 0 spiro atoms. The zero-order valence-corrected chi connectivity index (χ0v) is 11.8. The number of thioether (sulfide) groups is 1. The number of carbonyl (C=O) groups is 1. The summed E-state index contributed by atoms with van der Waals surface area (Å²) >= 11 is 1.66. The normalized spacial score (nSPS) is 25.6. The maximum atomic E-state index is 12.7. The quantitative estimate of drug-likeness (QED) is 0.878. The minimum Gasteiger partial charge on any atom is -0.391 e. The predicted molar refractivity (Wildman–Crippen MR) is 81.9 cm³/mol. The van der Waals surface area contributed by atoms with Crippen LogP contribution in [0.3, 0.4) is 0 Å². The van der Waals surface area contributed by atoms with Crippen LogP contribution in [0.15, 0.2) is 60.7 Å². The van der Waals surface area contributed by atoms with Gasteiger partial charge in [0.1, 0.15) is 0 Å². The fraction of sp³-hybridized carbons (Fsp3) is 0.235. The van der Waals surface area contributed by atoms with Crippen molar-refractivity contribution in [1.82, 2.24) is 0 Å². The lowest BCUT2D eigenvalue weighted by Gasteiger charge is -2.20. The van der Waals surface area contributed by atoms with Gasteiger partial charge in [0.15, 0.2) is 5.78 Å². The van der Waals surface area contributed by atoms with Crippen molar-refractivity contribution in [2.75, 3.05) is 5.75 Å². The van der Waals surface area contributed by atoms with E-state index in [9.17, 15) is 9.90 Å². The van der Waals surface area contributed by atoms with Gasteiger partial charge in [-0.3, -0.25) is 4.79 Å². The first-order valence-corrected chi connectivity index (χ1v) is 7.76. The van der Waals surface area contributed by atoms with Gasteiger partial charge in [-0.05, 0) is 5.56 Å². The van der Waals surface area contributed by atoms with E-state index in [1.807, 2.05) is 60.7 Å². The summed E-state index contributed by atoms with van der Waals surface area (Å²) in [6, 6.07) is 19.2. The summed E-state index contributed by atoms with van der Waals surface area (Å²) in [5, 5.41) is 10.3. The van der Waals surface area contributed by atoms with Crippen LogP contribution in [-0.2, 0) is 0 Å². The lowest BCUT2D eigenvalue weighted by molar-refractivity contribution is 0.0757. The highest BCUT2D eigenvalue weighted by molar-refractivity contribution is 7.99. The topological polar surface area (TPSA) is 37.3 Å². The van der Waals surface area contributed by atoms with Gasteiger partial charge in [-0.1, -0.05) is 60.7 Å². The van der Waals surface area contributed by atoms with Crippen molar-refractivity contribution in [2.24, 2.45) is 5.92 Å². The van der Waals surface area contributed by atoms with Crippen LogP contribution in [0.5, 0.6) is 0 Å². The molecule has 0 bridgehead atoms. The van der Waals surface area contributed by atoms with Crippen molar-refractivity contribution >= 4 is 17.5 Å². The van der Waals surface area contributed by atoms with Crippen LogP contribution >= 0.6 is 11.8 Å². The first kappa shape index (κ1) is 13.4. The molecule has 0 aromatic heterocycles. The summed E-state index contributed by atoms with van der Waals surface area (Å²) < 4.78 is 0. The molecule has 2 aromatic rings. The summed E-state index contributed by atoms with van der Waals surface area (Å²) in [7, 11) is 0. The van der Waals surface area contributed by atoms with Gasteiger partial charge >= 0.3 is 0 Å². The Morgan fingerprint density at radius 3 is 2.25 bits per heavy atom. The van der Waals surface area contributed by atoms with E-state index in [-0.39, 0.29) is 17.0 Å². The zero-order chi connectivity index (χ0) is 13.9. The Bertz CT molecular complexity index is 582. The molecule has 3 rings (SSSR count). The van der Waals surface area contributed by atoms with Gasteiger partial charge in [0.2, 0.25) is 0 Å². The molecule has 1 aliphatic heterocycles. The monoisotopic (exact) mass is 284 g/mol. The highest BCUT2D eigenvalue weighted by Gasteiger charge is 2.41. The van der Waals surface area contributed by atoms with Crippen LogP contribution in [0.25, 0.3) is 0 Å². The van der Waals surface area contributed by atoms with Crippen LogP contribution in [0, 0.1) is 5.92 Å². The number of hydrogen-bond donors (Lipinski definition) is 1. The van der Waals surface area contributed by atoms with Crippen LogP contribution in [0.1, 0.15) is 21.2 Å². The van der Waals surface area contributed by atoms with Crippen molar-refractivity contribution in [3.8, 4) is 0 Å². The Balaban J connectivity index is 1.92. The largest absolute Gasteiger partial charge is 0.391 e.